The van der Waals surface area contributed by atoms with Crippen molar-refractivity contribution in [1.82, 2.24) is 0 Å². The van der Waals surface area contributed by atoms with Crippen LogP contribution in [0, 0.1) is 6.92 Å². The lowest BCUT2D eigenvalue weighted by molar-refractivity contribution is -0.112. The highest BCUT2D eigenvalue weighted by atomic mass is 35.5. The van der Waals surface area contributed by atoms with E-state index in [0.29, 0.717) is 6.61 Å². The van der Waals surface area contributed by atoms with Gasteiger partial charge in [0, 0.05) is 5.56 Å². The van der Waals surface area contributed by atoms with Crippen LogP contribution < -0.4 is 4.74 Å². The van der Waals surface area contributed by atoms with Crippen molar-refractivity contribution in [3.63, 3.8) is 0 Å². The second-order valence-corrected chi connectivity index (χ2v) is 3.67. The minimum absolute atomic E-state index is 0.00623. The molecule has 0 N–H and O–H groups in total. The Labute approximate surface area is 101 Å². The molecule has 0 fully saturated rings. The van der Waals surface area contributed by atoms with E-state index in [1.54, 1.807) is 6.08 Å². The molecule has 0 radical (unpaired) electrons. The monoisotopic (exact) mass is 238 g/mol. The van der Waals surface area contributed by atoms with Crippen molar-refractivity contribution in [2.75, 3.05) is 12.5 Å². The van der Waals surface area contributed by atoms with Crippen molar-refractivity contribution in [2.45, 2.75) is 13.8 Å². The van der Waals surface area contributed by atoms with Crippen LogP contribution in [0.4, 0.5) is 0 Å². The molecule has 0 saturated heterocycles. The van der Waals surface area contributed by atoms with Gasteiger partial charge < -0.3 is 4.74 Å². The van der Waals surface area contributed by atoms with Gasteiger partial charge in [0.2, 0.25) is 0 Å². The van der Waals surface area contributed by atoms with Gasteiger partial charge in [-0.1, -0.05) is 11.6 Å². The van der Waals surface area contributed by atoms with Crippen molar-refractivity contribution in [3.8, 4) is 5.75 Å². The fourth-order valence-electron chi connectivity index (χ4n) is 1.31. The maximum absolute atomic E-state index is 11.1. The third-order valence-electron chi connectivity index (χ3n) is 2.05. The summed E-state index contributed by atoms with van der Waals surface area (Å²) in [4.78, 5) is 11.1. The number of ether oxygens (including phenoxy) is 1. The number of hydrogen-bond acceptors (Lipinski definition) is 2. The maximum atomic E-state index is 11.1. The highest BCUT2D eigenvalue weighted by molar-refractivity contribution is 6.29. The van der Waals surface area contributed by atoms with E-state index in [4.69, 9.17) is 16.3 Å². The molecule has 3 heteroatoms. The predicted octanol–water partition coefficient (Wildman–Crippen LogP) is 3.21. The molecule has 0 unspecified atom stereocenters. The van der Waals surface area contributed by atoms with Gasteiger partial charge in [-0.2, -0.15) is 0 Å². The number of hydrogen-bond donors (Lipinski definition) is 0. The Morgan fingerprint density at radius 2 is 2.25 bits per heavy atom. The molecule has 0 aliphatic rings. The zero-order valence-electron chi connectivity index (χ0n) is 9.50. The van der Waals surface area contributed by atoms with Crippen molar-refractivity contribution < 1.29 is 9.53 Å². The van der Waals surface area contributed by atoms with Crippen molar-refractivity contribution >= 4 is 23.5 Å². The van der Waals surface area contributed by atoms with Crippen molar-refractivity contribution in [3.05, 3.63) is 35.4 Å². The Hall–Kier alpha value is -1.28. The molecule has 1 rings (SSSR count). The first-order valence-electron chi connectivity index (χ1n) is 5.17. The summed E-state index contributed by atoms with van der Waals surface area (Å²) < 4.78 is 5.46. The first kappa shape index (κ1) is 12.8. The summed E-state index contributed by atoms with van der Waals surface area (Å²) in [6.07, 6.45) is 3.22. The van der Waals surface area contributed by atoms with Crippen LogP contribution in [-0.4, -0.2) is 18.3 Å². The molecule has 0 amide bonds. The number of allylic oxidation sites excluding steroid dienone is 1. The van der Waals surface area contributed by atoms with Crippen LogP contribution in [0.3, 0.4) is 0 Å². The smallest absolute Gasteiger partial charge is 0.170 e. The van der Waals surface area contributed by atoms with Crippen LogP contribution in [0.1, 0.15) is 18.1 Å². The number of carbonyl (C=O) groups is 1. The number of rotatable bonds is 5. The normalized spacial score (nSPS) is 10.7. The van der Waals surface area contributed by atoms with E-state index in [-0.39, 0.29) is 11.7 Å². The SMILES string of the molecule is CCOc1ccc(C)cc1C=CC(=O)CCl. The molecule has 0 heterocycles. The van der Waals surface area contributed by atoms with Gasteiger partial charge in [0.15, 0.2) is 5.78 Å². The highest BCUT2D eigenvalue weighted by Crippen LogP contribution is 2.21. The van der Waals surface area contributed by atoms with Gasteiger partial charge in [-0.15, -0.1) is 11.6 Å². The summed E-state index contributed by atoms with van der Waals surface area (Å²) in [5.74, 6) is 0.684. The van der Waals surface area contributed by atoms with E-state index in [1.165, 1.54) is 6.08 Å². The summed E-state index contributed by atoms with van der Waals surface area (Å²) in [5, 5.41) is 0. The molecule has 1 aromatic rings. The highest BCUT2D eigenvalue weighted by Gasteiger charge is 2.01. The molecule has 0 aliphatic carbocycles. The van der Waals surface area contributed by atoms with Crippen LogP contribution in [0.2, 0.25) is 0 Å². The molecular weight excluding hydrogens is 224 g/mol. The number of halogens is 1. The van der Waals surface area contributed by atoms with Crippen LogP contribution >= 0.6 is 11.6 Å². The number of alkyl halides is 1. The Balaban J connectivity index is 2.95. The lowest BCUT2D eigenvalue weighted by atomic mass is 10.1. The van der Waals surface area contributed by atoms with E-state index in [0.717, 1.165) is 16.9 Å². The van der Waals surface area contributed by atoms with Gasteiger partial charge in [0.25, 0.3) is 0 Å². The lowest BCUT2D eigenvalue weighted by Crippen LogP contribution is -1.95. The molecule has 16 heavy (non-hydrogen) atoms. The third-order valence-corrected chi connectivity index (χ3v) is 2.31. The van der Waals surface area contributed by atoms with E-state index in [2.05, 4.69) is 0 Å². The average Bonchev–Trinajstić information content (AvgIpc) is 2.29. The number of benzene rings is 1. The Bertz CT molecular complexity index is 397. The molecule has 0 bridgehead atoms. The standard InChI is InChI=1S/C13H15ClO2/c1-3-16-13-7-4-10(2)8-11(13)5-6-12(15)9-14/h4-8H,3,9H2,1-2H3. The largest absolute Gasteiger partial charge is 0.493 e. The van der Waals surface area contributed by atoms with Gasteiger partial charge in [-0.25, -0.2) is 0 Å². The minimum atomic E-state index is -0.106. The lowest BCUT2D eigenvalue weighted by Gasteiger charge is -2.07. The molecular formula is C13H15ClO2. The predicted molar refractivity (Wildman–Crippen MR) is 67.1 cm³/mol. The van der Waals surface area contributed by atoms with Gasteiger partial charge in [-0.3, -0.25) is 4.79 Å². The Kier molecular flexibility index (Phi) is 5.06. The zero-order chi connectivity index (χ0) is 12.0. The zero-order valence-corrected chi connectivity index (χ0v) is 10.3. The minimum Gasteiger partial charge on any atom is -0.493 e. The summed E-state index contributed by atoms with van der Waals surface area (Å²) >= 11 is 5.42. The molecule has 86 valence electrons. The van der Waals surface area contributed by atoms with Crippen LogP contribution in [-0.2, 0) is 4.79 Å². The van der Waals surface area contributed by atoms with Gasteiger partial charge >= 0.3 is 0 Å². The second kappa shape index (κ2) is 6.33. The first-order chi connectivity index (χ1) is 7.67. The van der Waals surface area contributed by atoms with E-state index < -0.39 is 0 Å². The third kappa shape index (κ3) is 3.70. The fraction of sp³-hybridized carbons (Fsp3) is 0.308. The average molecular weight is 239 g/mol. The fourth-order valence-corrected chi connectivity index (χ4v) is 1.40. The van der Waals surface area contributed by atoms with Crippen molar-refractivity contribution in [2.24, 2.45) is 0 Å². The number of ketones is 1. The molecule has 2 nitrogen and oxygen atoms in total. The number of carbonyl (C=O) groups excluding carboxylic acids is 1. The first-order valence-corrected chi connectivity index (χ1v) is 5.71. The van der Waals surface area contributed by atoms with Crippen LogP contribution in [0.5, 0.6) is 5.75 Å². The van der Waals surface area contributed by atoms with E-state index in [1.807, 2.05) is 32.0 Å². The molecule has 0 aromatic heterocycles. The summed E-state index contributed by atoms with van der Waals surface area (Å²) in [6, 6.07) is 5.86. The van der Waals surface area contributed by atoms with Gasteiger partial charge in [-0.05, 0) is 38.1 Å². The summed E-state index contributed by atoms with van der Waals surface area (Å²) in [5.41, 5.74) is 2.03. The molecule has 0 saturated carbocycles. The summed E-state index contributed by atoms with van der Waals surface area (Å²) in [7, 11) is 0. The quantitative estimate of drug-likeness (QED) is 0.582. The Morgan fingerprint density at radius 1 is 1.50 bits per heavy atom. The molecule has 1 aromatic carbocycles. The van der Waals surface area contributed by atoms with Gasteiger partial charge in [0.1, 0.15) is 5.75 Å². The van der Waals surface area contributed by atoms with Gasteiger partial charge in [0.05, 0.1) is 12.5 Å². The molecule has 0 spiro atoms. The summed E-state index contributed by atoms with van der Waals surface area (Å²) in [6.45, 7) is 4.53. The second-order valence-electron chi connectivity index (χ2n) is 3.41. The topological polar surface area (TPSA) is 26.3 Å². The number of aryl methyl sites for hydroxylation is 1. The van der Waals surface area contributed by atoms with E-state index in [9.17, 15) is 4.79 Å². The maximum Gasteiger partial charge on any atom is 0.170 e. The molecule has 0 atom stereocenters. The van der Waals surface area contributed by atoms with Crippen LogP contribution in [0.25, 0.3) is 6.08 Å². The van der Waals surface area contributed by atoms with E-state index >= 15 is 0 Å². The van der Waals surface area contributed by atoms with Crippen LogP contribution in [0.15, 0.2) is 24.3 Å². The molecule has 0 aliphatic heterocycles. The van der Waals surface area contributed by atoms with Crippen molar-refractivity contribution in [1.29, 1.82) is 0 Å². The Morgan fingerprint density at radius 3 is 2.88 bits per heavy atom.